The second-order valence-corrected chi connectivity index (χ2v) is 27.2. The highest BCUT2D eigenvalue weighted by Gasteiger charge is 2.23. The molecule has 14 aromatic carbocycles. The Labute approximate surface area is 607 Å². The number of methoxy groups -OCH3 is 2. The molecule has 0 fully saturated rings. The average Bonchev–Trinajstić information content (AvgIpc) is 0.730. The number of aromatic hydroxyl groups is 2. The summed E-state index contributed by atoms with van der Waals surface area (Å²) in [5, 5.41) is 36.8. The molecular formula is C94H84N4O6. The summed E-state index contributed by atoms with van der Waals surface area (Å²) in [5.41, 5.74) is 12.3. The Balaban J connectivity index is 0.000000167. The molecule has 0 saturated carbocycles. The number of phenolic OH excluding ortho intramolecular Hbond substituents is 2. The van der Waals surface area contributed by atoms with Crippen molar-refractivity contribution in [1.82, 2.24) is 19.9 Å². The van der Waals surface area contributed by atoms with Crippen molar-refractivity contribution in [1.29, 1.82) is 0 Å². The number of hydrogen-bond acceptors (Lipinski definition) is 10. The first kappa shape index (κ1) is 67.9. The lowest BCUT2D eigenvalue weighted by molar-refractivity contribution is 0.232. The number of para-hydroxylation sites is 2. The van der Waals surface area contributed by atoms with Gasteiger partial charge in [-0.15, -0.1) is 0 Å². The van der Waals surface area contributed by atoms with Crippen LogP contribution in [-0.4, -0.2) is 57.6 Å². The van der Waals surface area contributed by atoms with E-state index < -0.39 is 0 Å². The zero-order valence-corrected chi connectivity index (χ0v) is 59.8. The molecule has 0 bridgehead atoms. The third-order valence-electron chi connectivity index (χ3n) is 20.7. The van der Waals surface area contributed by atoms with E-state index in [1.807, 2.05) is 109 Å². The zero-order chi connectivity index (χ0) is 71.2. The Morgan fingerprint density at radius 1 is 0.317 bits per heavy atom. The van der Waals surface area contributed by atoms with Crippen molar-refractivity contribution in [2.24, 2.45) is 11.8 Å². The molecule has 16 rings (SSSR count). The van der Waals surface area contributed by atoms with E-state index >= 15 is 0 Å². The summed E-state index contributed by atoms with van der Waals surface area (Å²) in [6.07, 6.45) is 9.19. The fourth-order valence-electron chi connectivity index (χ4n) is 15.0. The third kappa shape index (κ3) is 13.5. The van der Waals surface area contributed by atoms with E-state index in [4.69, 9.17) is 38.9 Å². The van der Waals surface area contributed by atoms with Crippen molar-refractivity contribution in [3.05, 3.63) is 255 Å². The molecule has 0 aliphatic rings. The van der Waals surface area contributed by atoms with E-state index in [9.17, 15) is 10.2 Å². The Hall–Kier alpha value is -11.9. The van der Waals surface area contributed by atoms with Crippen LogP contribution in [0.15, 0.2) is 255 Å². The fraction of sp³-hybridized carbons (Fsp3) is 0.191. The van der Waals surface area contributed by atoms with Gasteiger partial charge >= 0.3 is 0 Å². The van der Waals surface area contributed by atoms with Crippen LogP contribution in [0, 0.1) is 11.8 Å². The molecule has 10 nitrogen and oxygen atoms in total. The molecule has 10 heteroatoms. The molecule has 0 aliphatic carbocycles. The van der Waals surface area contributed by atoms with E-state index in [-0.39, 0.29) is 11.5 Å². The highest BCUT2D eigenvalue weighted by atomic mass is 16.5. The smallest absolute Gasteiger partial charge is 0.161 e. The first-order valence-electron chi connectivity index (χ1n) is 36.6. The Morgan fingerprint density at radius 3 is 1.12 bits per heavy atom. The molecule has 2 heterocycles. The van der Waals surface area contributed by atoms with E-state index in [0.717, 1.165) is 109 Å². The molecule has 2 atom stereocenters. The predicted octanol–water partition coefficient (Wildman–Crippen LogP) is 24.7. The number of ether oxygens (including phenoxy) is 4. The molecule has 2 aromatic heterocycles. The van der Waals surface area contributed by atoms with Crippen LogP contribution in [0.2, 0.25) is 0 Å². The van der Waals surface area contributed by atoms with Crippen LogP contribution < -0.4 is 18.9 Å². The van der Waals surface area contributed by atoms with Gasteiger partial charge in [0, 0.05) is 56.6 Å². The minimum atomic E-state index is 0.127. The lowest BCUT2D eigenvalue weighted by Gasteiger charge is -2.18. The summed E-state index contributed by atoms with van der Waals surface area (Å²) in [6.45, 7) is 10.1. The molecule has 2 unspecified atom stereocenters. The van der Waals surface area contributed by atoms with Crippen molar-refractivity contribution >= 4 is 64.6 Å². The number of hydrogen-bond donors (Lipinski definition) is 2. The molecule has 0 saturated heterocycles. The first-order valence-corrected chi connectivity index (χ1v) is 36.6. The number of nitrogens with zero attached hydrogens (tertiary/aromatic N) is 4. The Bertz CT molecular complexity index is 5370. The van der Waals surface area contributed by atoms with Crippen molar-refractivity contribution in [2.45, 2.75) is 79.1 Å². The van der Waals surface area contributed by atoms with E-state index in [1.165, 1.54) is 74.2 Å². The lowest BCUT2D eigenvalue weighted by atomic mass is 9.87. The predicted molar refractivity (Wildman–Crippen MR) is 429 cm³/mol. The van der Waals surface area contributed by atoms with Gasteiger partial charge in [0.25, 0.3) is 0 Å². The minimum absolute atomic E-state index is 0.127. The third-order valence-corrected chi connectivity index (χ3v) is 20.7. The van der Waals surface area contributed by atoms with Crippen LogP contribution in [0.1, 0.15) is 79.1 Å². The summed E-state index contributed by atoms with van der Waals surface area (Å²) >= 11 is 0. The molecule has 0 aliphatic heterocycles. The summed E-state index contributed by atoms with van der Waals surface area (Å²) in [4.78, 5) is 20.5. The van der Waals surface area contributed by atoms with Gasteiger partial charge in [-0.05, 0) is 155 Å². The molecule has 104 heavy (non-hydrogen) atoms. The van der Waals surface area contributed by atoms with Gasteiger partial charge in [0.15, 0.2) is 11.6 Å². The van der Waals surface area contributed by atoms with Crippen molar-refractivity contribution < 1.29 is 29.2 Å². The molecule has 516 valence electrons. The second-order valence-electron chi connectivity index (χ2n) is 27.2. The number of phenols is 2. The Kier molecular flexibility index (Phi) is 19.8. The topological polar surface area (TPSA) is 129 Å². The quantitative estimate of drug-likeness (QED) is 0.0564. The van der Waals surface area contributed by atoms with Gasteiger partial charge in [-0.1, -0.05) is 254 Å². The van der Waals surface area contributed by atoms with Gasteiger partial charge in [-0.2, -0.15) is 0 Å². The lowest BCUT2D eigenvalue weighted by Crippen LogP contribution is -2.11. The van der Waals surface area contributed by atoms with Gasteiger partial charge in [-0.25, -0.2) is 19.9 Å². The monoisotopic (exact) mass is 1360 g/mol. The molecular weight excluding hydrogens is 1280 g/mol. The fourth-order valence-corrected chi connectivity index (χ4v) is 15.0. The standard InChI is InChI=1S/2C47H42N2O3/c1-4-6-12-30(5-2)29-52-34-21-26-40(43(50)27-34)42-28-41(48-47(49-42)33-13-8-7-9-14-33)36-23-18-32-19-24-38-35(37-15-10-11-16-44(37)51-3)22-17-31-20-25-39(36)46(32)45(31)38;1-4-6-12-30(5-2)29-52-34-21-26-40(43(50)27-34)42-28-41(31-13-8-7-9-14-31)48-47(49-42)39-25-20-33-18-23-37-35(36-15-10-11-16-44(36)51-3)22-17-32-19-24-38(39)46(33)45(32)37/h2*7-11,13-28,30,50H,4-6,12,29H2,1-3H3. The van der Waals surface area contributed by atoms with Crippen molar-refractivity contribution in [3.63, 3.8) is 0 Å². The highest BCUT2D eigenvalue weighted by molar-refractivity contribution is 6.29. The normalized spacial score (nSPS) is 12.1. The average molecular weight is 1370 g/mol. The molecule has 0 radical (unpaired) electrons. The number of rotatable bonds is 24. The van der Waals surface area contributed by atoms with E-state index in [0.29, 0.717) is 70.7 Å². The van der Waals surface area contributed by atoms with E-state index in [2.05, 4.69) is 161 Å². The van der Waals surface area contributed by atoms with Crippen molar-refractivity contribution in [2.75, 3.05) is 27.4 Å². The van der Waals surface area contributed by atoms with Crippen LogP contribution in [-0.2, 0) is 0 Å². The molecule has 0 spiro atoms. The van der Waals surface area contributed by atoms with Gasteiger partial charge in [0.05, 0.1) is 50.2 Å². The van der Waals surface area contributed by atoms with Gasteiger partial charge in [-0.3, -0.25) is 0 Å². The number of aromatic nitrogens is 4. The largest absolute Gasteiger partial charge is 0.507 e. The van der Waals surface area contributed by atoms with Crippen LogP contribution in [0.3, 0.4) is 0 Å². The maximum absolute atomic E-state index is 11.4. The minimum Gasteiger partial charge on any atom is -0.507 e. The molecule has 16 aromatic rings. The summed E-state index contributed by atoms with van der Waals surface area (Å²) in [7, 11) is 3.44. The van der Waals surface area contributed by atoms with Crippen LogP contribution in [0.25, 0.3) is 155 Å². The van der Waals surface area contributed by atoms with Crippen molar-refractivity contribution in [3.8, 4) is 125 Å². The van der Waals surface area contributed by atoms with E-state index in [1.54, 1.807) is 26.4 Å². The van der Waals surface area contributed by atoms with Crippen LogP contribution in [0.5, 0.6) is 34.5 Å². The molecule has 0 amide bonds. The maximum atomic E-state index is 11.4. The summed E-state index contributed by atoms with van der Waals surface area (Å²) in [6, 6.07) is 86.6. The summed E-state index contributed by atoms with van der Waals surface area (Å²) in [5.74, 6) is 5.46. The van der Waals surface area contributed by atoms with Gasteiger partial charge < -0.3 is 29.2 Å². The van der Waals surface area contributed by atoms with Gasteiger partial charge in [0.2, 0.25) is 0 Å². The second kappa shape index (κ2) is 30.4. The van der Waals surface area contributed by atoms with Gasteiger partial charge in [0.1, 0.15) is 34.5 Å². The maximum Gasteiger partial charge on any atom is 0.161 e. The number of benzene rings is 14. The summed E-state index contributed by atoms with van der Waals surface area (Å²) < 4.78 is 23.9. The number of unbranched alkanes of at least 4 members (excludes halogenated alkanes) is 2. The molecule has 2 N–H and O–H groups in total. The first-order chi connectivity index (χ1) is 51.1. The van der Waals surface area contributed by atoms with Crippen LogP contribution >= 0.6 is 0 Å². The van der Waals surface area contributed by atoms with Crippen LogP contribution in [0.4, 0.5) is 0 Å². The highest BCUT2D eigenvalue weighted by Crippen LogP contribution is 2.48. The SMILES string of the molecule is CCCCC(CC)COc1ccc(-c2cc(-c3ccc4ccc5c(-c6ccccc6OC)ccc6ccc3c4c65)nc(-c3ccccc3)n2)c(O)c1.CCCCC(CC)COc1ccc(-c2cc(-c3ccccc3)nc(-c3ccc4ccc5c(-c6ccccc6OC)ccc6ccc3c4c65)n2)c(O)c1. The zero-order valence-electron chi connectivity index (χ0n) is 59.8. The Morgan fingerprint density at radius 2 is 0.673 bits per heavy atom.